The first kappa shape index (κ1) is 30.3. The molecule has 218 valence electrons. The van der Waals surface area contributed by atoms with Crippen LogP contribution in [0.1, 0.15) is 38.5 Å². The minimum absolute atomic E-state index is 0.0271. The molecule has 4 fully saturated rings. The first-order valence-electron chi connectivity index (χ1n) is 11.7. The number of hydrogen-bond donors (Lipinski definition) is 0. The number of rotatable bonds is 10. The van der Waals surface area contributed by atoms with Crippen LogP contribution in [0.2, 0.25) is 0 Å². The summed E-state index contributed by atoms with van der Waals surface area (Å²) in [6.45, 7) is -0.763. The summed E-state index contributed by atoms with van der Waals surface area (Å²) in [5.41, 5.74) is -7.86. The predicted octanol–water partition coefficient (Wildman–Crippen LogP) is 2.08. The molecule has 4 aliphatic rings. The van der Waals surface area contributed by atoms with Crippen molar-refractivity contribution in [3.8, 4) is 5.75 Å². The molecular weight excluding hydrogens is 686 g/mol. The Bertz CT molecular complexity index is 1370. The maximum absolute atomic E-state index is 12.8. The summed E-state index contributed by atoms with van der Waals surface area (Å²) in [6, 6.07) is 3.56. The predicted molar refractivity (Wildman–Crippen MR) is 132 cm³/mol. The van der Waals surface area contributed by atoms with Gasteiger partial charge in [0.05, 0.1) is 17.1 Å². The summed E-state index contributed by atoms with van der Waals surface area (Å²) >= 11 is 1.65. The Morgan fingerprint density at radius 3 is 2.31 bits per heavy atom. The van der Waals surface area contributed by atoms with Crippen LogP contribution in [0.5, 0.6) is 5.75 Å². The molecule has 1 aromatic rings. The molecule has 39 heavy (non-hydrogen) atoms. The Hall–Kier alpha value is -1.70. The lowest BCUT2D eigenvalue weighted by Crippen LogP contribution is -2.61. The van der Waals surface area contributed by atoms with Crippen LogP contribution in [0.25, 0.3) is 0 Å². The molecule has 0 spiro atoms. The number of benzene rings is 1. The van der Waals surface area contributed by atoms with Gasteiger partial charge in [-0.05, 0) is 97.0 Å². The van der Waals surface area contributed by atoms with Crippen LogP contribution < -0.4 is 9.84 Å². The van der Waals surface area contributed by atoms with Crippen LogP contribution in [0, 0.1) is 20.8 Å². The molecule has 11 nitrogen and oxygen atoms in total. The molecule has 5 rings (SSSR count). The van der Waals surface area contributed by atoms with E-state index in [-0.39, 0.29) is 53.6 Å². The second-order valence-electron chi connectivity index (χ2n) is 10.1. The smallest absolute Gasteiger partial charge is 0.518 e. The monoisotopic (exact) mass is 709 g/mol. The van der Waals surface area contributed by atoms with Crippen LogP contribution in [-0.2, 0) is 34.4 Å². The van der Waals surface area contributed by atoms with Crippen LogP contribution in [0.4, 0.5) is 13.2 Å². The van der Waals surface area contributed by atoms with Gasteiger partial charge in [-0.1, -0.05) is 0 Å². The molecule has 17 heteroatoms. The fourth-order valence-electron chi connectivity index (χ4n) is 6.23. The molecule has 0 saturated heterocycles. The molecule has 0 aromatic heterocycles. The molecule has 0 N–H and O–H groups in total. The molecule has 4 bridgehead atoms. The van der Waals surface area contributed by atoms with Crippen molar-refractivity contribution in [2.24, 2.45) is 21.6 Å². The zero-order valence-corrected chi connectivity index (χ0v) is 23.9. The Morgan fingerprint density at radius 1 is 1.10 bits per heavy atom. The standard InChI is InChI=1S/C22H25F3INO10S2/c23-22(24,25)39(33,34)27-19(29)20-7-13-5-14(8-20)10-21(9-13,12-20)37-4-3-35-18(28)11-36-15-1-2-17(16(26)6-15)38(30,31)32/h1-2,6,13-14H,3-5,7-12H2,(H,27,29)(H,30,31,32)/p-2. The average molecular weight is 709 g/mol. The van der Waals surface area contributed by atoms with Gasteiger partial charge in [0.15, 0.2) is 6.61 Å². The fourth-order valence-corrected chi connectivity index (χ4v) is 8.57. The van der Waals surface area contributed by atoms with Crippen molar-refractivity contribution in [2.45, 2.75) is 54.5 Å². The molecule has 0 aliphatic heterocycles. The van der Waals surface area contributed by atoms with Crippen molar-refractivity contribution in [3.05, 3.63) is 21.8 Å². The molecule has 0 radical (unpaired) electrons. The zero-order chi connectivity index (χ0) is 28.9. The molecule has 0 heterocycles. The summed E-state index contributed by atoms with van der Waals surface area (Å²) in [5, 5.41) is 12.8. The molecule has 2 atom stereocenters. The number of carbonyl (C=O) groups excluding carboxylic acids is 1. The highest BCUT2D eigenvalue weighted by atomic mass is 127. The lowest BCUT2D eigenvalue weighted by molar-refractivity contribution is -0.256. The zero-order valence-electron chi connectivity index (χ0n) is 20.1. The number of esters is 1. The summed E-state index contributed by atoms with van der Waals surface area (Å²) in [6.07, 6.45) is 2.39. The van der Waals surface area contributed by atoms with E-state index in [9.17, 15) is 44.5 Å². The first-order chi connectivity index (χ1) is 17.9. The topological polar surface area (TPSA) is 172 Å². The second kappa shape index (κ2) is 10.6. The van der Waals surface area contributed by atoms with Gasteiger partial charge in [0, 0.05) is 8.99 Å². The Balaban J connectivity index is 1.31. The lowest BCUT2D eigenvalue weighted by atomic mass is 9.47. The third-order valence-corrected chi connectivity index (χ3v) is 10.4. The summed E-state index contributed by atoms with van der Waals surface area (Å²) in [5.74, 6) is -1.97. The SMILES string of the molecule is O=C(COc1ccc(S(=O)(=O)[O-])c(I)c1)OCCOC12CC3CC(C1)CC(/C([O-])=N/S(=O)(=O)C(F)(F)F)(C3)C2. The van der Waals surface area contributed by atoms with Gasteiger partial charge in [0.1, 0.15) is 22.5 Å². The summed E-state index contributed by atoms with van der Waals surface area (Å²) < 4.78 is 114. The van der Waals surface area contributed by atoms with Crippen molar-refractivity contribution < 1.29 is 58.7 Å². The van der Waals surface area contributed by atoms with Gasteiger partial charge < -0.3 is 23.9 Å². The van der Waals surface area contributed by atoms with Crippen molar-refractivity contribution in [1.82, 2.24) is 0 Å². The van der Waals surface area contributed by atoms with E-state index in [1.807, 2.05) is 0 Å². The number of hydrogen-bond acceptors (Lipinski definition) is 10. The van der Waals surface area contributed by atoms with Crippen LogP contribution in [0.15, 0.2) is 27.5 Å². The van der Waals surface area contributed by atoms with Crippen molar-refractivity contribution >= 4 is 54.6 Å². The minimum atomic E-state index is -5.95. The van der Waals surface area contributed by atoms with Gasteiger partial charge in [-0.3, -0.25) is 0 Å². The molecule has 1 aromatic carbocycles. The van der Waals surface area contributed by atoms with Crippen molar-refractivity contribution in [2.75, 3.05) is 19.8 Å². The fraction of sp³-hybridized carbons (Fsp3) is 0.636. The maximum atomic E-state index is 12.8. The van der Waals surface area contributed by atoms with E-state index in [1.165, 1.54) is 12.1 Å². The van der Waals surface area contributed by atoms with Gasteiger partial charge in [-0.2, -0.15) is 26.0 Å². The van der Waals surface area contributed by atoms with Crippen molar-refractivity contribution in [1.29, 1.82) is 0 Å². The Kier molecular flexibility index (Phi) is 8.23. The van der Waals surface area contributed by atoms with E-state index in [4.69, 9.17) is 14.2 Å². The van der Waals surface area contributed by atoms with Gasteiger partial charge in [0.25, 0.3) is 0 Å². The summed E-state index contributed by atoms with van der Waals surface area (Å²) in [7, 11) is -10.6. The van der Waals surface area contributed by atoms with Crippen LogP contribution >= 0.6 is 22.6 Å². The van der Waals surface area contributed by atoms with Gasteiger partial charge >= 0.3 is 21.5 Å². The summed E-state index contributed by atoms with van der Waals surface area (Å²) in [4.78, 5) is 11.6. The number of ether oxygens (including phenoxy) is 3. The van der Waals surface area contributed by atoms with E-state index in [0.29, 0.717) is 12.8 Å². The van der Waals surface area contributed by atoms with E-state index in [1.54, 1.807) is 22.6 Å². The number of halogens is 4. The van der Waals surface area contributed by atoms with Gasteiger partial charge in [-0.15, -0.1) is 0 Å². The third-order valence-electron chi connectivity index (χ3n) is 7.24. The molecule has 2 unspecified atom stereocenters. The Labute approximate surface area is 236 Å². The van der Waals surface area contributed by atoms with E-state index >= 15 is 0 Å². The highest BCUT2D eigenvalue weighted by Crippen LogP contribution is 2.63. The van der Waals surface area contributed by atoms with E-state index in [0.717, 1.165) is 12.5 Å². The maximum Gasteiger partial charge on any atom is 0.518 e. The number of nitrogens with zero attached hydrogens (tertiary/aromatic N) is 1. The highest BCUT2D eigenvalue weighted by Gasteiger charge is 2.59. The first-order valence-corrected chi connectivity index (χ1v) is 15.6. The lowest BCUT2D eigenvalue weighted by Gasteiger charge is -2.62. The molecular formula is C22H23F3INO10S2-2. The second-order valence-corrected chi connectivity index (χ2v) is 14.3. The number of sulfonamides is 1. The third kappa shape index (κ3) is 6.62. The minimum Gasteiger partial charge on any atom is -0.861 e. The highest BCUT2D eigenvalue weighted by molar-refractivity contribution is 14.1. The molecule has 4 saturated carbocycles. The molecule has 4 aliphatic carbocycles. The van der Waals surface area contributed by atoms with Gasteiger partial charge in [0.2, 0.25) is 0 Å². The quantitative estimate of drug-likeness (QED) is 0.0875. The van der Waals surface area contributed by atoms with Gasteiger partial charge in [-0.25, -0.2) is 13.2 Å². The Morgan fingerprint density at radius 2 is 1.74 bits per heavy atom. The van der Waals surface area contributed by atoms with Crippen LogP contribution in [-0.4, -0.2) is 64.2 Å². The largest absolute Gasteiger partial charge is 0.861 e. The number of carbonyl (C=O) groups is 1. The molecule has 0 amide bonds. The van der Waals surface area contributed by atoms with E-state index in [2.05, 4.69) is 4.40 Å². The van der Waals surface area contributed by atoms with Crippen molar-refractivity contribution in [3.63, 3.8) is 0 Å². The average Bonchev–Trinajstić information content (AvgIpc) is 2.78. The number of alkyl halides is 3. The van der Waals surface area contributed by atoms with E-state index < -0.39 is 60.0 Å². The van der Waals surface area contributed by atoms with Crippen LogP contribution in [0.3, 0.4) is 0 Å². The normalized spacial score (nSPS) is 28.9.